The van der Waals surface area contributed by atoms with E-state index in [1.54, 1.807) is 0 Å². The van der Waals surface area contributed by atoms with Gasteiger partial charge in [-0.25, -0.2) is 0 Å². The van der Waals surface area contributed by atoms with Crippen molar-refractivity contribution in [2.24, 2.45) is 0 Å². The van der Waals surface area contributed by atoms with Crippen LogP contribution in [0.5, 0.6) is 0 Å². The maximum absolute atomic E-state index is 12.8. The van der Waals surface area contributed by atoms with Crippen LogP contribution in [-0.2, 0) is 28.6 Å². The van der Waals surface area contributed by atoms with Crippen molar-refractivity contribution < 1.29 is 28.6 Å². The molecule has 0 fully saturated rings. The molecular weight excluding hydrogens is 901 g/mol. The van der Waals surface area contributed by atoms with Crippen LogP contribution in [0.3, 0.4) is 0 Å². The molecule has 6 heteroatoms. The Morgan fingerprint density at radius 1 is 0.260 bits per heavy atom. The van der Waals surface area contributed by atoms with E-state index in [1.165, 1.54) is 276 Å². The SMILES string of the molecule is CCCCCCCC/C=C\CCCCCCCC(=O)OC(COC(=O)CCCCCCCC)COC(=O)CCCCCCCCCCCCCCCCCCCCCCCCCCCCCCCCCCCC. The highest BCUT2D eigenvalue weighted by molar-refractivity contribution is 5.71. The molecule has 73 heavy (non-hydrogen) atoms. The van der Waals surface area contributed by atoms with Crippen molar-refractivity contribution in [2.45, 2.75) is 386 Å². The summed E-state index contributed by atoms with van der Waals surface area (Å²) in [7, 11) is 0. The lowest BCUT2D eigenvalue weighted by atomic mass is 10.0. The fourth-order valence-corrected chi connectivity index (χ4v) is 10.3. The summed E-state index contributed by atoms with van der Waals surface area (Å²) in [6.45, 7) is 6.63. The second kappa shape index (κ2) is 62.7. The lowest BCUT2D eigenvalue weighted by molar-refractivity contribution is -0.167. The van der Waals surface area contributed by atoms with Gasteiger partial charge in [0.1, 0.15) is 13.2 Å². The Labute approximate surface area is 456 Å². The largest absolute Gasteiger partial charge is 0.462 e. The first-order valence-corrected chi connectivity index (χ1v) is 33.2. The van der Waals surface area contributed by atoms with E-state index in [-0.39, 0.29) is 31.1 Å². The number of esters is 3. The lowest BCUT2D eigenvalue weighted by Crippen LogP contribution is -2.30. The summed E-state index contributed by atoms with van der Waals surface area (Å²) in [4.78, 5) is 37.9. The zero-order valence-electron chi connectivity index (χ0n) is 49.7. The molecule has 0 aromatic carbocycles. The van der Waals surface area contributed by atoms with E-state index in [9.17, 15) is 14.4 Å². The maximum Gasteiger partial charge on any atom is 0.306 e. The Hall–Kier alpha value is -1.85. The summed E-state index contributed by atoms with van der Waals surface area (Å²) < 4.78 is 16.8. The van der Waals surface area contributed by atoms with Gasteiger partial charge >= 0.3 is 17.9 Å². The fourth-order valence-electron chi connectivity index (χ4n) is 10.3. The van der Waals surface area contributed by atoms with Gasteiger partial charge in [-0.15, -0.1) is 0 Å². The number of carbonyl (C=O) groups excluding carboxylic acids is 3. The van der Waals surface area contributed by atoms with Crippen molar-refractivity contribution in [1.82, 2.24) is 0 Å². The van der Waals surface area contributed by atoms with E-state index in [4.69, 9.17) is 14.2 Å². The Bertz CT molecular complexity index is 1130. The van der Waals surface area contributed by atoms with E-state index in [2.05, 4.69) is 32.9 Å². The molecule has 1 unspecified atom stereocenters. The molecule has 0 bridgehead atoms. The molecule has 0 amide bonds. The molecule has 432 valence electrons. The van der Waals surface area contributed by atoms with E-state index < -0.39 is 6.10 Å². The predicted octanol–water partition coefficient (Wildman–Crippen LogP) is 22.4. The number of hydrogen-bond acceptors (Lipinski definition) is 6. The standard InChI is InChI=1S/C67H128O6/c1-4-7-10-13-16-18-20-22-24-25-26-27-28-29-30-31-32-33-34-35-36-37-38-39-40-41-42-44-45-47-49-51-54-57-60-66(69)72-63-64(62-71-65(68)59-56-53-15-12-9-6-3)73-67(70)61-58-55-52-50-48-46-43-23-21-19-17-14-11-8-5-2/h23,43,64H,4-22,24-42,44-63H2,1-3H3/b43-23-. The smallest absolute Gasteiger partial charge is 0.306 e. The fraction of sp³-hybridized carbons (Fsp3) is 0.925. The highest BCUT2D eigenvalue weighted by Crippen LogP contribution is 2.19. The monoisotopic (exact) mass is 1030 g/mol. The van der Waals surface area contributed by atoms with Crippen LogP contribution >= 0.6 is 0 Å². The molecule has 0 aromatic rings. The van der Waals surface area contributed by atoms with Crippen LogP contribution in [0.2, 0.25) is 0 Å². The minimum absolute atomic E-state index is 0.0685. The average Bonchev–Trinajstić information content (AvgIpc) is 3.39. The van der Waals surface area contributed by atoms with Crippen molar-refractivity contribution in [1.29, 1.82) is 0 Å². The van der Waals surface area contributed by atoms with Gasteiger partial charge in [-0.2, -0.15) is 0 Å². The van der Waals surface area contributed by atoms with Gasteiger partial charge in [0, 0.05) is 19.3 Å². The van der Waals surface area contributed by atoms with Gasteiger partial charge in [0.15, 0.2) is 6.10 Å². The summed E-state index contributed by atoms with van der Waals surface area (Å²) in [5.41, 5.74) is 0. The number of hydrogen-bond donors (Lipinski definition) is 0. The Morgan fingerprint density at radius 2 is 0.452 bits per heavy atom. The van der Waals surface area contributed by atoms with Gasteiger partial charge in [0.2, 0.25) is 0 Å². The number of ether oxygens (including phenoxy) is 3. The van der Waals surface area contributed by atoms with Gasteiger partial charge in [-0.3, -0.25) is 14.4 Å². The zero-order chi connectivity index (χ0) is 52.9. The van der Waals surface area contributed by atoms with Crippen LogP contribution in [0.1, 0.15) is 380 Å². The summed E-state index contributed by atoms with van der Waals surface area (Å²) in [5.74, 6) is -0.864. The molecule has 0 saturated heterocycles. The normalized spacial score (nSPS) is 12.0. The van der Waals surface area contributed by atoms with Crippen molar-refractivity contribution in [3.8, 4) is 0 Å². The zero-order valence-corrected chi connectivity index (χ0v) is 49.7. The van der Waals surface area contributed by atoms with Crippen LogP contribution in [0.25, 0.3) is 0 Å². The summed E-state index contributed by atoms with van der Waals surface area (Å²) >= 11 is 0. The molecule has 0 saturated carbocycles. The third-order valence-corrected chi connectivity index (χ3v) is 15.3. The first kappa shape index (κ1) is 71.2. The van der Waals surface area contributed by atoms with E-state index in [0.717, 1.165) is 64.2 Å². The first-order chi connectivity index (χ1) is 36.0. The highest BCUT2D eigenvalue weighted by atomic mass is 16.6. The number of allylic oxidation sites excluding steroid dienone is 2. The molecule has 0 radical (unpaired) electrons. The molecule has 0 aliphatic carbocycles. The molecule has 0 heterocycles. The average molecular weight is 1030 g/mol. The maximum atomic E-state index is 12.8. The minimum atomic E-state index is -0.767. The molecule has 0 aliphatic heterocycles. The van der Waals surface area contributed by atoms with Crippen LogP contribution in [0, 0.1) is 0 Å². The van der Waals surface area contributed by atoms with Crippen molar-refractivity contribution in [3.63, 3.8) is 0 Å². The summed E-state index contributed by atoms with van der Waals surface area (Å²) in [6.07, 6.45) is 74.4. The molecule has 0 rings (SSSR count). The van der Waals surface area contributed by atoms with Gasteiger partial charge in [0.05, 0.1) is 0 Å². The Morgan fingerprint density at radius 3 is 0.685 bits per heavy atom. The molecule has 0 aromatic heterocycles. The van der Waals surface area contributed by atoms with E-state index in [1.807, 2.05) is 0 Å². The second-order valence-electron chi connectivity index (χ2n) is 22.7. The van der Waals surface area contributed by atoms with E-state index in [0.29, 0.717) is 19.3 Å². The molecule has 0 aliphatic rings. The van der Waals surface area contributed by atoms with Crippen LogP contribution in [-0.4, -0.2) is 37.2 Å². The molecular formula is C67H128O6. The Kier molecular flexibility index (Phi) is 61.1. The van der Waals surface area contributed by atoms with Crippen molar-refractivity contribution >= 4 is 17.9 Å². The first-order valence-electron chi connectivity index (χ1n) is 33.2. The van der Waals surface area contributed by atoms with E-state index >= 15 is 0 Å². The highest BCUT2D eigenvalue weighted by Gasteiger charge is 2.19. The van der Waals surface area contributed by atoms with Crippen molar-refractivity contribution in [3.05, 3.63) is 12.2 Å². The number of rotatable bonds is 62. The number of unbranched alkanes of at least 4 members (excludes halogenated alkanes) is 49. The molecule has 1 atom stereocenters. The summed E-state index contributed by atoms with van der Waals surface area (Å²) in [5, 5.41) is 0. The predicted molar refractivity (Wildman–Crippen MR) is 317 cm³/mol. The van der Waals surface area contributed by atoms with Crippen LogP contribution in [0.4, 0.5) is 0 Å². The third-order valence-electron chi connectivity index (χ3n) is 15.3. The summed E-state index contributed by atoms with van der Waals surface area (Å²) in [6, 6.07) is 0. The van der Waals surface area contributed by atoms with Gasteiger partial charge in [-0.05, 0) is 44.9 Å². The van der Waals surface area contributed by atoms with Crippen LogP contribution in [0.15, 0.2) is 12.2 Å². The van der Waals surface area contributed by atoms with Gasteiger partial charge < -0.3 is 14.2 Å². The number of carbonyl (C=O) groups is 3. The van der Waals surface area contributed by atoms with Crippen LogP contribution < -0.4 is 0 Å². The second-order valence-corrected chi connectivity index (χ2v) is 22.7. The third kappa shape index (κ3) is 60.9. The molecule has 0 spiro atoms. The lowest BCUT2D eigenvalue weighted by Gasteiger charge is -2.18. The minimum Gasteiger partial charge on any atom is -0.462 e. The molecule has 0 N–H and O–H groups in total. The topological polar surface area (TPSA) is 78.9 Å². The quantitative estimate of drug-likeness (QED) is 0.0261. The van der Waals surface area contributed by atoms with Gasteiger partial charge in [0.25, 0.3) is 0 Å². The Balaban J connectivity index is 3.86. The molecule has 6 nitrogen and oxygen atoms in total. The van der Waals surface area contributed by atoms with Gasteiger partial charge in [-0.1, -0.05) is 328 Å². The van der Waals surface area contributed by atoms with Crippen molar-refractivity contribution in [2.75, 3.05) is 13.2 Å².